The summed E-state index contributed by atoms with van der Waals surface area (Å²) in [5.41, 5.74) is 6.40. The average molecular weight is 405 g/mol. The molecule has 0 radical (unpaired) electrons. The lowest BCUT2D eigenvalue weighted by Crippen LogP contribution is -2.46. The van der Waals surface area contributed by atoms with Crippen LogP contribution in [0.1, 0.15) is 27.3 Å². The van der Waals surface area contributed by atoms with Crippen molar-refractivity contribution in [2.24, 2.45) is 0 Å². The molecule has 0 aliphatic carbocycles. The van der Waals surface area contributed by atoms with Crippen LogP contribution < -0.4 is 4.90 Å². The fourth-order valence-electron chi connectivity index (χ4n) is 4.16. The molecule has 0 atom stereocenters. The van der Waals surface area contributed by atoms with Crippen LogP contribution >= 0.6 is 0 Å². The molecule has 0 N–H and O–H groups in total. The zero-order valence-electron chi connectivity index (χ0n) is 17.8. The van der Waals surface area contributed by atoms with E-state index in [0.717, 1.165) is 44.1 Å². The molecule has 2 aromatic carbocycles. The number of hydrogen-bond acceptors (Lipinski definition) is 5. The fourth-order valence-corrected chi connectivity index (χ4v) is 4.16. The number of nitrogens with zero attached hydrogens (tertiary/aromatic N) is 4. The van der Waals surface area contributed by atoms with E-state index in [1.54, 1.807) is 0 Å². The van der Waals surface area contributed by atoms with E-state index in [9.17, 15) is 4.79 Å². The summed E-state index contributed by atoms with van der Waals surface area (Å²) >= 11 is 0. The molecule has 1 saturated heterocycles. The van der Waals surface area contributed by atoms with Gasteiger partial charge in [0.15, 0.2) is 0 Å². The fraction of sp³-hybridized carbons (Fsp3) is 0.333. The maximum Gasteiger partial charge on any atom is 0.337 e. The van der Waals surface area contributed by atoms with E-state index in [2.05, 4.69) is 35.8 Å². The van der Waals surface area contributed by atoms with Crippen molar-refractivity contribution in [1.82, 2.24) is 14.7 Å². The molecule has 1 fully saturated rings. The average Bonchev–Trinajstić information content (AvgIpc) is 3.09. The summed E-state index contributed by atoms with van der Waals surface area (Å²) in [5.74, 6) is -0.294. The van der Waals surface area contributed by atoms with E-state index in [1.165, 1.54) is 24.1 Å². The van der Waals surface area contributed by atoms with Crippen LogP contribution in [0.4, 0.5) is 5.69 Å². The second kappa shape index (κ2) is 8.71. The molecule has 4 rings (SSSR count). The molecule has 3 aromatic rings. The van der Waals surface area contributed by atoms with Gasteiger partial charge in [0, 0.05) is 32.7 Å². The van der Waals surface area contributed by atoms with Gasteiger partial charge in [-0.3, -0.25) is 4.90 Å². The first-order chi connectivity index (χ1) is 14.6. The molecule has 1 aromatic heterocycles. The normalized spacial score (nSPS) is 14.7. The molecule has 0 spiro atoms. The van der Waals surface area contributed by atoms with Gasteiger partial charge in [0.2, 0.25) is 0 Å². The lowest BCUT2D eigenvalue weighted by atomic mass is 10.1. The smallest absolute Gasteiger partial charge is 0.337 e. The Kier molecular flexibility index (Phi) is 5.86. The standard InChI is InChI=1S/C24H28N4O2/c1-18-23(19(2)28(25-18)22-7-5-4-6-8-22)27-15-13-26(14-16-27)17-20-9-11-21(12-10-20)24(29)30-3/h4-12H,13-17H2,1-3H3. The van der Waals surface area contributed by atoms with Crippen LogP contribution in [0.15, 0.2) is 54.6 Å². The van der Waals surface area contributed by atoms with Crippen molar-refractivity contribution < 1.29 is 9.53 Å². The largest absolute Gasteiger partial charge is 0.465 e. The summed E-state index contributed by atoms with van der Waals surface area (Å²) < 4.78 is 6.81. The molecule has 1 aliphatic heterocycles. The number of anilines is 1. The highest BCUT2D eigenvalue weighted by molar-refractivity contribution is 5.89. The van der Waals surface area contributed by atoms with Gasteiger partial charge in [-0.1, -0.05) is 30.3 Å². The Morgan fingerprint density at radius 2 is 1.63 bits per heavy atom. The number of carbonyl (C=O) groups is 1. The number of aryl methyl sites for hydroxylation is 1. The van der Waals surface area contributed by atoms with Crippen LogP contribution in [0, 0.1) is 13.8 Å². The van der Waals surface area contributed by atoms with Gasteiger partial charge >= 0.3 is 5.97 Å². The first-order valence-electron chi connectivity index (χ1n) is 10.3. The summed E-state index contributed by atoms with van der Waals surface area (Å²) in [6.45, 7) is 9.07. The summed E-state index contributed by atoms with van der Waals surface area (Å²) in [5, 5.41) is 4.80. The zero-order chi connectivity index (χ0) is 21.1. The van der Waals surface area contributed by atoms with E-state index in [-0.39, 0.29) is 5.97 Å². The number of rotatable bonds is 5. The van der Waals surface area contributed by atoms with E-state index in [4.69, 9.17) is 9.84 Å². The minimum absolute atomic E-state index is 0.294. The van der Waals surface area contributed by atoms with Crippen molar-refractivity contribution in [3.8, 4) is 5.69 Å². The van der Waals surface area contributed by atoms with Gasteiger partial charge in [0.05, 0.1) is 35.4 Å². The predicted molar refractivity (Wildman–Crippen MR) is 118 cm³/mol. The van der Waals surface area contributed by atoms with Gasteiger partial charge < -0.3 is 9.64 Å². The molecule has 6 nitrogen and oxygen atoms in total. The molecule has 0 unspecified atom stereocenters. The number of methoxy groups -OCH3 is 1. The van der Waals surface area contributed by atoms with Crippen molar-refractivity contribution in [2.45, 2.75) is 20.4 Å². The molecular formula is C24H28N4O2. The molecule has 30 heavy (non-hydrogen) atoms. The third-order valence-electron chi connectivity index (χ3n) is 5.72. The monoisotopic (exact) mass is 404 g/mol. The van der Waals surface area contributed by atoms with E-state index >= 15 is 0 Å². The Balaban J connectivity index is 1.40. The van der Waals surface area contributed by atoms with Gasteiger partial charge in [-0.25, -0.2) is 9.48 Å². The Morgan fingerprint density at radius 3 is 2.27 bits per heavy atom. The molecule has 0 saturated carbocycles. The molecular weight excluding hydrogens is 376 g/mol. The van der Waals surface area contributed by atoms with E-state index < -0.39 is 0 Å². The van der Waals surface area contributed by atoms with Crippen LogP contribution in [0.5, 0.6) is 0 Å². The molecule has 6 heteroatoms. The van der Waals surface area contributed by atoms with Gasteiger partial charge in [0.25, 0.3) is 0 Å². The Labute approximate surface area is 177 Å². The third kappa shape index (κ3) is 4.09. The summed E-state index contributed by atoms with van der Waals surface area (Å²) in [7, 11) is 1.41. The lowest BCUT2D eigenvalue weighted by molar-refractivity contribution is 0.0600. The summed E-state index contributed by atoms with van der Waals surface area (Å²) in [4.78, 5) is 16.5. The van der Waals surface area contributed by atoms with Crippen LogP contribution in [-0.4, -0.2) is 53.9 Å². The SMILES string of the molecule is COC(=O)c1ccc(CN2CCN(c3c(C)nn(-c4ccccc4)c3C)CC2)cc1. The highest BCUT2D eigenvalue weighted by atomic mass is 16.5. The van der Waals surface area contributed by atoms with Crippen molar-refractivity contribution in [3.63, 3.8) is 0 Å². The number of ether oxygens (including phenoxy) is 1. The van der Waals surface area contributed by atoms with Gasteiger partial charge in [-0.2, -0.15) is 5.10 Å². The van der Waals surface area contributed by atoms with Crippen LogP contribution in [0.2, 0.25) is 0 Å². The third-order valence-corrected chi connectivity index (χ3v) is 5.72. The van der Waals surface area contributed by atoms with Crippen LogP contribution in [-0.2, 0) is 11.3 Å². The molecule has 1 aliphatic rings. The quantitative estimate of drug-likeness (QED) is 0.608. The molecule has 0 amide bonds. The Hall–Kier alpha value is -3.12. The number of carbonyl (C=O) groups excluding carboxylic acids is 1. The number of piperazine rings is 1. The number of para-hydroxylation sites is 1. The number of benzene rings is 2. The maximum atomic E-state index is 11.6. The van der Waals surface area contributed by atoms with Gasteiger partial charge in [0.1, 0.15) is 0 Å². The van der Waals surface area contributed by atoms with Crippen molar-refractivity contribution >= 4 is 11.7 Å². The topological polar surface area (TPSA) is 50.6 Å². The maximum absolute atomic E-state index is 11.6. The molecule has 156 valence electrons. The molecule has 2 heterocycles. The number of esters is 1. The summed E-state index contributed by atoms with van der Waals surface area (Å²) in [6.07, 6.45) is 0. The Morgan fingerprint density at radius 1 is 0.967 bits per heavy atom. The van der Waals surface area contributed by atoms with E-state index in [0.29, 0.717) is 5.56 Å². The lowest BCUT2D eigenvalue weighted by Gasteiger charge is -2.36. The second-order valence-corrected chi connectivity index (χ2v) is 7.72. The Bertz CT molecular complexity index is 1000. The van der Waals surface area contributed by atoms with Crippen LogP contribution in [0.25, 0.3) is 5.69 Å². The van der Waals surface area contributed by atoms with Gasteiger partial charge in [-0.15, -0.1) is 0 Å². The first kappa shape index (κ1) is 20.2. The van der Waals surface area contributed by atoms with E-state index in [1.807, 2.05) is 47.1 Å². The van der Waals surface area contributed by atoms with Gasteiger partial charge in [-0.05, 0) is 43.7 Å². The van der Waals surface area contributed by atoms with Crippen molar-refractivity contribution in [3.05, 3.63) is 77.1 Å². The highest BCUT2D eigenvalue weighted by Gasteiger charge is 2.23. The number of aromatic nitrogens is 2. The minimum Gasteiger partial charge on any atom is -0.465 e. The number of hydrogen-bond donors (Lipinski definition) is 0. The van der Waals surface area contributed by atoms with Crippen LogP contribution in [0.3, 0.4) is 0 Å². The minimum atomic E-state index is -0.294. The highest BCUT2D eigenvalue weighted by Crippen LogP contribution is 2.28. The zero-order valence-corrected chi connectivity index (χ0v) is 17.8. The first-order valence-corrected chi connectivity index (χ1v) is 10.3. The summed E-state index contributed by atoms with van der Waals surface area (Å²) in [6, 6.07) is 18.0. The predicted octanol–water partition coefficient (Wildman–Crippen LogP) is 3.60. The van der Waals surface area contributed by atoms with Crippen molar-refractivity contribution in [2.75, 3.05) is 38.2 Å². The molecule has 0 bridgehead atoms. The van der Waals surface area contributed by atoms with Crippen molar-refractivity contribution in [1.29, 1.82) is 0 Å². The second-order valence-electron chi connectivity index (χ2n) is 7.72.